The van der Waals surface area contributed by atoms with E-state index < -0.39 is 11.7 Å². The maximum Gasteiger partial charge on any atom is 0.407 e. The molecule has 1 aromatic rings. The average Bonchev–Trinajstić information content (AvgIpc) is 2.45. The summed E-state index contributed by atoms with van der Waals surface area (Å²) < 4.78 is 5.12. The molecule has 1 N–H and O–H groups in total. The number of hydrogen-bond donors (Lipinski definition) is 1. The van der Waals surface area contributed by atoms with Gasteiger partial charge in [0, 0.05) is 26.6 Å². The number of amides is 2. The second-order valence-electron chi connectivity index (χ2n) is 6.53. The van der Waals surface area contributed by atoms with Crippen LogP contribution in [0, 0.1) is 0 Å². The minimum Gasteiger partial charge on any atom is -0.444 e. The molecule has 0 aliphatic heterocycles. The lowest BCUT2D eigenvalue weighted by Gasteiger charge is -2.20. The SMILES string of the molecule is CN(Cc1ccc(Cl)c(Cl)c1)C(=O)CCCNC(=O)OC(C)(C)C. The molecule has 0 fully saturated rings. The van der Waals surface area contributed by atoms with Crippen molar-refractivity contribution >= 4 is 35.2 Å². The van der Waals surface area contributed by atoms with Gasteiger partial charge in [0.25, 0.3) is 0 Å². The van der Waals surface area contributed by atoms with Gasteiger partial charge in [0.05, 0.1) is 10.0 Å². The minimum atomic E-state index is -0.528. The summed E-state index contributed by atoms with van der Waals surface area (Å²) in [6.07, 6.45) is 0.413. The first-order chi connectivity index (χ1) is 11.1. The summed E-state index contributed by atoms with van der Waals surface area (Å²) in [5, 5.41) is 3.59. The molecule has 1 aromatic carbocycles. The van der Waals surface area contributed by atoms with E-state index in [1.165, 1.54) is 0 Å². The molecule has 0 heterocycles. The van der Waals surface area contributed by atoms with E-state index >= 15 is 0 Å². The predicted molar refractivity (Wildman–Crippen MR) is 96.4 cm³/mol. The molecule has 0 aliphatic rings. The lowest BCUT2D eigenvalue weighted by Crippen LogP contribution is -2.33. The molecule has 0 aromatic heterocycles. The van der Waals surface area contributed by atoms with Crippen LogP contribution in [-0.4, -0.2) is 36.1 Å². The van der Waals surface area contributed by atoms with E-state index in [4.69, 9.17) is 27.9 Å². The minimum absolute atomic E-state index is 0.00735. The number of nitrogens with one attached hydrogen (secondary N) is 1. The molecule has 0 radical (unpaired) electrons. The number of nitrogens with zero attached hydrogens (tertiary/aromatic N) is 1. The average molecular weight is 375 g/mol. The molecule has 24 heavy (non-hydrogen) atoms. The van der Waals surface area contributed by atoms with Crippen molar-refractivity contribution in [2.75, 3.05) is 13.6 Å². The van der Waals surface area contributed by atoms with E-state index in [0.717, 1.165) is 5.56 Å². The van der Waals surface area contributed by atoms with Crippen molar-refractivity contribution < 1.29 is 14.3 Å². The molecule has 5 nitrogen and oxygen atoms in total. The van der Waals surface area contributed by atoms with E-state index in [9.17, 15) is 9.59 Å². The highest BCUT2D eigenvalue weighted by Gasteiger charge is 2.16. The fourth-order valence-electron chi connectivity index (χ4n) is 1.94. The summed E-state index contributed by atoms with van der Waals surface area (Å²) in [7, 11) is 1.73. The van der Waals surface area contributed by atoms with Gasteiger partial charge in [-0.1, -0.05) is 29.3 Å². The Bertz CT molecular complexity index is 586. The number of halogens is 2. The van der Waals surface area contributed by atoms with Crippen LogP contribution in [0.25, 0.3) is 0 Å². The van der Waals surface area contributed by atoms with Gasteiger partial charge < -0.3 is 15.0 Å². The fraction of sp³-hybridized carbons (Fsp3) is 0.529. The van der Waals surface area contributed by atoms with E-state index in [0.29, 0.717) is 36.0 Å². The van der Waals surface area contributed by atoms with E-state index in [1.807, 2.05) is 6.07 Å². The Morgan fingerprint density at radius 2 is 1.88 bits per heavy atom. The van der Waals surface area contributed by atoms with Crippen LogP contribution in [0.3, 0.4) is 0 Å². The lowest BCUT2D eigenvalue weighted by molar-refractivity contribution is -0.130. The Morgan fingerprint density at radius 3 is 2.46 bits per heavy atom. The van der Waals surface area contributed by atoms with Crippen molar-refractivity contribution in [3.05, 3.63) is 33.8 Å². The summed E-state index contributed by atoms with van der Waals surface area (Å²) >= 11 is 11.8. The summed E-state index contributed by atoms with van der Waals surface area (Å²) in [4.78, 5) is 25.2. The second-order valence-corrected chi connectivity index (χ2v) is 7.34. The molecule has 1 rings (SSSR count). The van der Waals surface area contributed by atoms with Crippen molar-refractivity contribution in [3.8, 4) is 0 Å². The van der Waals surface area contributed by atoms with Crippen molar-refractivity contribution in [3.63, 3.8) is 0 Å². The molecule has 0 aliphatic carbocycles. The topological polar surface area (TPSA) is 58.6 Å². The van der Waals surface area contributed by atoms with Gasteiger partial charge >= 0.3 is 6.09 Å². The first-order valence-corrected chi connectivity index (χ1v) is 8.49. The zero-order valence-corrected chi connectivity index (χ0v) is 16.0. The molecular weight excluding hydrogens is 351 g/mol. The lowest BCUT2D eigenvalue weighted by atomic mass is 10.2. The van der Waals surface area contributed by atoms with Gasteiger partial charge in [-0.25, -0.2) is 4.79 Å². The van der Waals surface area contributed by atoms with Crippen molar-refractivity contribution in [2.45, 2.75) is 45.8 Å². The van der Waals surface area contributed by atoms with E-state index in [2.05, 4.69) is 5.32 Å². The maximum atomic E-state index is 12.1. The summed E-state index contributed by atoms with van der Waals surface area (Å²) in [5.41, 5.74) is 0.382. The number of rotatable bonds is 6. The molecule has 0 saturated carbocycles. The van der Waals surface area contributed by atoms with Gasteiger partial charge in [-0.2, -0.15) is 0 Å². The van der Waals surface area contributed by atoms with Crippen molar-refractivity contribution in [1.82, 2.24) is 10.2 Å². The molecule has 134 valence electrons. The summed E-state index contributed by atoms with van der Waals surface area (Å²) in [6.45, 7) is 6.24. The largest absolute Gasteiger partial charge is 0.444 e. The van der Waals surface area contributed by atoms with E-state index in [1.54, 1.807) is 44.9 Å². The molecule has 0 unspecified atom stereocenters. The molecule has 2 amide bonds. The molecule has 0 bridgehead atoms. The molecule has 0 atom stereocenters. The normalized spacial score (nSPS) is 11.1. The molecule has 7 heteroatoms. The van der Waals surface area contributed by atoms with Gasteiger partial charge in [-0.05, 0) is 44.9 Å². The van der Waals surface area contributed by atoms with Crippen LogP contribution in [0.15, 0.2) is 18.2 Å². The Balaban J connectivity index is 2.32. The number of hydrogen-bond acceptors (Lipinski definition) is 3. The van der Waals surface area contributed by atoms with Crippen LogP contribution in [-0.2, 0) is 16.1 Å². The van der Waals surface area contributed by atoms with Crippen LogP contribution in [0.4, 0.5) is 4.79 Å². The zero-order chi connectivity index (χ0) is 18.3. The number of alkyl carbamates (subject to hydrolysis) is 1. The number of ether oxygens (including phenoxy) is 1. The summed E-state index contributed by atoms with van der Waals surface area (Å²) in [5.74, 6) is -0.00735. The van der Waals surface area contributed by atoms with Crippen molar-refractivity contribution in [2.24, 2.45) is 0 Å². The highest BCUT2D eigenvalue weighted by molar-refractivity contribution is 6.42. The number of carbonyl (C=O) groups is 2. The van der Waals surface area contributed by atoms with Gasteiger partial charge in [0.15, 0.2) is 0 Å². The predicted octanol–water partition coefficient (Wildman–Crippen LogP) is 4.26. The molecule has 0 spiro atoms. The number of carbonyl (C=O) groups excluding carboxylic acids is 2. The second kappa shape index (κ2) is 9.14. The van der Waals surface area contributed by atoms with Crippen LogP contribution in [0.5, 0.6) is 0 Å². The Morgan fingerprint density at radius 1 is 1.21 bits per heavy atom. The Hall–Kier alpha value is -1.46. The third-order valence-electron chi connectivity index (χ3n) is 3.07. The van der Waals surface area contributed by atoms with Gasteiger partial charge in [0.2, 0.25) is 5.91 Å². The van der Waals surface area contributed by atoms with Crippen LogP contribution >= 0.6 is 23.2 Å². The third-order valence-corrected chi connectivity index (χ3v) is 3.80. The molecular formula is C17H24Cl2N2O3. The van der Waals surface area contributed by atoms with Crippen LogP contribution in [0.2, 0.25) is 10.0 Å². The molecule has 0 saturated heterocycles. The monoisotopic (exact) mass is 374 g/mol. The highest BCUT2D eigenvalue weighted by Crippen LogP contribution is 2.23. The Labute approximate surface area is 153 Å². The Kier molecular flexibility index (Phi) is 7.84. The fourth-order valence-corrected chi connectivity index (χ4v) is 2.26. The first kappa shape index (κ1) is 20.6. The third kappa shape index (κ3) is 7.88. The van der Waals surface area contributed by atoms with Gasteiger partial charge in [-0.15, -0.1) is 0 Å². The van der Waals surface area contributed by atoms with Gasteiger partial charge in [-0.3, -0.25) is 4.79 Å². The van der Waals surface area contributed by atoms with E-state index in [-0.39, 0.29) is 5.91 Å². The van der Waals surface area contributed by atoms with Gasteiger partial charge in [0.1, 0.15) is 5.60 Å². The maximum absolute atomic E-state index is 12.1. The number of benzene rings is 1. The van der Waals surface area contributed by atoms with Crippen LogP contribution in [0.1, 0.15) is 39.2 Å². The quantitative estimate of drug-likeness (QED) is 0.756. The standard InChI is InChI=1S/C17H24Cl2N2O3/c1-17(2,3)24-16(23)20-9-5-6-15(22)21(4)11-12-7-8-13(18)14(19)10-12/h7-8,10H,5-6,9,11H2,1-4H3,(H,20,23). The first-order valence-electron chi connectivity index (χ1n) is 7.73. The highest BCUT2D eigenvalue weighted by atomic mass is 35.5. The summed E-state index contributed by atoms with van der Waals surface area (Å²) in [6, 6.07) is 5.29. The zero-order valence-electron chi connectivity index (χ0n) is 14.5. The smallest absolute Gasteiger partial charge is 0.407 e. The van der Waals surface area contributed by atoms with Crippen molar-refractivity contribution in [1.29, 1.82) is 0 Å². The van der Waals surface area contributed by atoms with Crippen LogP contribution < -0.4 is 5.32 Å².